The Kier molecular flexibility index (Phi) is 5.76. The van der Waals surface area contributed by atoms with Gasteiger partial charge in [-0.15, -0.1) is 0 Å². The number of halogens is 2. The van der Waals surface area contributed by atoms with Gasteiger partial charge in [0.05, 0.1) is 18.3 Å². The van der Waals surface area contributed by atoms with Crippen molar-refractivity contribution in [1.82, 2.24) is 4.98 Å². The molecule has 0 radical (unpaired) electrons. The lowest BCUT2D eigenvalue weighted by Crippen LogP contribution is -2.14. The fourth-order valence-corrected chi connectivity index (χ4v) is 3.05. The Morgan fingerprint density at radius 1 is 1.00 bits per heavy atom. The lowest BCUT2D eigenvalue weighted by Gasteiger charge is -2.09. The number of aromatic nitrogens is 1. The molecular weight excluding hydrogens is 369 g/mol. The number of pyridine rings is 1. The number of benzene rings is 2. The van der Waals surface area contributed by atoms with Gasteiger partial charge in [0.15, 0.2) is 0 Å². The second kappa shape index (κ2) is 8.21. The topological polar surface area (TPSA) is 54.0 Å². The van der Waals surface area contributed by atoms with Crippen molar-refractivity contribution in [3.05, 3.63) is 82.0 Å². The third-order valence-electron chi connectivity index (χ3n) is 3.63. The number of amides is 1. The summed E-state index contributed by atoms with van der Waals surface area (Å²) in [5.41, 5.74) is 3.49. The third kappa shape index (κ3) is 5.22. The van der Waals surface area contributed by atoms with Gasteiger partial charge in [-0.05, 0) is 42.8 Å². The highest BCUT2D eigenvalue weighted by molar-refractivity contribution is 6.35. The zero-order valence-corrected chi connectivity index (χ0v) is 15.6. The fourth-order valence-electron chi connectivity index (χ4n) is 2.53. The zero-order valence-electron chi connectivity index (χ0n) is 14.1. The number of hydrogen-bond acceptors (Lipinski definition) is 3. The summed E-state index contributed by atoms with van der Waals surface area (Å²) in [6.07, 6.45) is 1.92. The van der Waals surface area contributed by atoms with E-state index in [-0.39, 0.29) is 5.91 Å². The van der Waals surface area contributed by atoms with Crippen molar-refractivity contribution in [2.75, 3.05) is 10.6 Å². The van der Waals surface area contributed by atoms with Crippen LogP contribution in [0.3, 0.4) is 0 Å². The van der Waals surface area contributed by atoms with Gasteiger partial charge in [-0.3, -0.25) is 4.79 Å². The maximum absolute atomic E-state index is 12.2. The first-order chi connectivity index (χ1) is 12.5. The van der Waals surface area contributed by atoms with Gasteiger partial charge in [0, 0.05) is 15.7 Å². The van der Waals surface area contributed by atoms with Gasteiger partial charge in [-0.1, -0.05) is 53.0 Å². The molecule has 0 unspecified atom stereocenters. The average molecular weight is 386 g/mol. The molecule has 132 valence electrons. The molecule has 0 aliphatic carbocycles. The Balaban J connectivity index is 1.61. The summed E-state index contributed by atoms with van der Waals surface area (Å²) in [5, 5.41) is 7.05. The van der Waals surface area contributed by atoms with Gasteiger partial charge in [0.1, 0.15) is 5.82 Å². The molecule has 1 heterocycles. The third-order valence-corrected chi connectivity index (χ3v) is 4.07. The molecule has 2 N–H and O–H groups in total. The largest absolute Gasteiger partial charge is 0.340 e. The summed E-state index contributed by atoms with van der Waals surface area (Å²) >= 11 is 12.0. The van der Waals surface area contributed by atoms with E-state index in [0.717, 1.165) is 16.8 Å². The first-order valence-corrected chi connectivity index (χ1v) is 8.78. The smallest absolute Gasteiger partial charge is 0.228 e. The van der Waals surface area contributed by atoms with Crippen LogP contribution in [0.15, 0.2) is 60.8 Å². The van der Waals surface area contributed by atoms with Crippen molar-refractivity contribution in [3.63, 3.8) is 0 Å². The van der Waals surface area contributed by atoms with Crippen LogP contribution in [0.25, 0.3) is 0 Å². The van der Waals surface area contributed by atoms with Crippen LogP contribution in [0.1, 0.15) is 11.1 Å². The standard InChI is InChI=1S/C20H17Cl2N3O/c1-13-3-2-4-14(7-13)8-20(26)25-17-5-6-19(23-12-17)24-18-10-15(21)9-16(22)11-18/h2-7,9-12H,8H2,1H3,(H,23,24)(H,25,26). The van der Waals surface area contributed by atoms with Crippen LogP contribution in [0.2, 0.25) is 10.0 Å². The number of rotatable bonds is 5. The number of nitrogens with zero attached hydrogens (tertiary/aromatic N) is 1. The van der Waals surface area contributed by atoms with Crippen molar-refractivity contribution in [1.29, 1.82) is 0 Å². The molecule has 0 bridgehead atoms. The SMILES string of the molecule is Cc1cccc(CC(=O)Nc2ccc(Nc3cc(Cl)cc(Cl)c3)nc2)c1. The molecule has 1 aromatic heterocycles. The van der Waals surface area contributed by atoms with Crippen molar-refractivity contribution < 1.29 is 4.79 Å². The normalized spacial score (nSPS) is 10.4. The van der Waals surface area contributed by atoms with Crippen molar-refractivity contribution in [2.45, 2.75) is 13.3 Å². The van der Waals surface area contributed by atoms with Crippen molar-refractivity contribution in [3.8, 4) is 0 Å². The molecule has 3 rings (SSSR count). The summed E-state index contributed by atoms with van der Waals surface area (Å²) in [4.78, 5) is 16.5. The molecule has 0 fully saturated rings. The number of aryl methyl sites for hydroxylation is 1. The fraction of sp³-hybridized carbons (Fsp3) is 0.100. The van der Waals surface area contributed by atoms with Gasteiger partial charge in [0.2, 0.25) is 5.91 Å². The summed E-state index contributed by atoms with van der Waals surface area (Å²) in [6, 6.07) is 16.6. The summed E-state index contributed by atoms with van der Waals surface area (Å²) in [7, 11) is 0. The van der Waals surface area contributed by atoms with Crippen molar-refractivity contribution in [2.24, 2.45) is 0 Å². The Morgan fingerprint density at radius 3 is 2.42 bits per heavy atom. The minimum absolute atomic E-state index is 0.0836. The van der Waals surface area contributed by atoms with Gasteiger partial charge in [0.25, 0.3) is 0 Å². The first-order valence-electron chi connectivity index (χ1n) is 8.02. The number of nitrogens with one attached hydrogen (secondary N) is 2. The Hall–Kier alpha value is -2.56. The van der Waals surface area contributed by atoms with E-state index in [9.17, 15) is 4.79 Å². The minimum atomic E-state index is -0.0836. The van der Waals surface area contributed by atoms with Crippen LogP contribution in [-0.2, 0) is 11.2 Å². The van der Waals surface area contributed by atoms with E-state index in [1.807, 2.05) is 31.2 Å². The summed E-state index contributed by atoms with van der Waals surface area (Å²) < 4.78 is 0. The number of carbonyl (C=O) groups is 1. The van der Waals surface area contributed by atoms with E-state index < -0.39 is 0 Å². The highest BCUT2D eigenvalue weighted by atomic mass is 35.5. The molecule has 4 nitrogen and oxygen atoms in total. The van der Waals surface area contributed by atoms with E-state index in [0.29, 0.717) is 28.0 Å². The molecule has 0 atom stereocenters. The molecule has 3 aromatic rings. The Labute approximate surface area is 162 Å². The minimum Gasteiger partial charge on any atom is -0.340 e. The predicted octanol–water partition coefficient (Wildman–Crippen LogP) is 5.62. The summed E-state index contributed by atoms with van der Waals surface area (Å²) in [5.74, 6) is 0.541. The molecule has 6 heteroatoms. The van der Waals surface area contributed by atoms with Crippen LogP contribution in [0.5, 0.6) is 0 Å². The van der Waals surface area contributed by atoms with E-state index >= 15 is 0 Å². The monoisotopic (exact) mass is 385 g/mol. The molecule has 26 heavy (non-hydrogen) atoms. The van der Waals surface area contributed by atoms with E-state index in [2.05, 4.69) is 15.6 Å². The second-order valence-corrected chi connectivity index (χ2v) is 6.80. The Bertz CT molecular complexity index is 906. The maximum atomic E-state index is 12.2. The highest BCUT2D eigenvalue weighted by Gasteiger charge is 2.06. The lowest BCUT2D eigenvalue weighted by atomic mass is 10.1. The molecule has 1 amide bonds. The number of hydrogen-bond donors (Lipinski definition) is 2. The van der Waals surface area contributed by atoms with Crippen LogP contribution in [0, 0.1) is 6.92 Å². The number of anilines is 3. The van der Waals surface area contributed by atoms with Crippen LogP contribution >= 0.6 is 23.2 Å². The van der Waals surface area contributed by atoms with Crippen LogP contribution < -0.4 is 10.6 Å². The second-order valence-electron chi connectivity index (χ2n) is 5.93. The predicted molar refractivity (Wildman–Crippen MR) is 107 cm³/mol. The number of carbonyl (C=O) groups excluding carboxylic acids is 1. The van der Waals surface area contributed by atoms with E-state index in [1.165, 1.54) is 0 Å². The summed E-state index contributed by atoms with van der Waals surface area (Å²) in [6.45, 7) is 2.00. The maximum Gasteiger partial charge on any atom is 0.228 e. The van der Waals surface area contributed by atoms with Crippen LogP contribution in [0.4, 0.5) is 17.2 Å². The molecule has 0 spiro atoms. The highest BCUT2D eigenvalue weighted by Crippen LogP contribution is 2.25. The van der Waals surface area contributed by atoms with E-state index in [4.69, 9.17) is 23.2 Å². The molecule has 0 saturated carbocycles. The van der Waals surface area contributed by atoms with Gasteiger partial charge < -0.3 is 10.6 Å². The molecular formula is C20H17Cl2N3O. The molecule has 2 aromatic carbocycles. The lowest BCUT2D eigenvalue weighted by molar-refractivity contribution is -0.115. The zero-order chi connectivity index (χ0) is 18.5. The molecule has 0 saturated heterocycles. The average Bonchev–Trinajstić information content (AvgIpc) is 2.55. The molecule has 0 aliphatic rings. The van der Waals surface area contributed by atoms with Crippen LogP contribution in [-0.4, -0.2) is 10.9 Å². The quantitative estimate of drug-likeness (QED) is 0.598. The van der Waals surface area contributed by atoms with Gasteiger partial charge in [-0.25, -0.2) is 4.98 Å². The first kappa shape index (κ1) is 18.2. The van der Waals surface area contributed by atoms with E-state index in [1.54, 1.807) is 36.5 Å². The molecule has 0 aliphatic heterocycles. The Morgan fingerprint density at radius 2 is 1.77 bits per heavy atom. The van der Waals surface area contributed by atoms with Gasteiger partial charge >= 0.3 is 0 Å². The van der Waals surface area contributed by atoms with Gasteiger partial charge in [-0.2, -0.15) is 0 Å². The van der Waals surface area contributed by atoms with Crippen molar-refractivity contribution >= 4 is 46.3 Å².